The number of hydrogen-bond acceptors (Lipinski definition) is 3. The minimum absolute atomic E-state index is 0.00912. The highest BCUT2D eigenvalue weighted by molar-refractivity contribution is 6.06. The van der Waals surface area contributed by atoms with Crippen molar-refractivity contribution < 1.29 is 9.53 Å². The largest absolute Gasteiger partial charge is 0.497 e. The topological polar surface area (TPSA) is 62.4 Å². The molecule has 0 bridgehead atoms. The van der Waals surface area contributed by atoms with Crippen LogP contribution in [0.25, 0.3) is 10.9 Å². The molecule has 1 aromatic heterocycles. The monoisotopic (exact) mass is 454 g/mol. The van der Waals surface area contributed by atoms with Gasteiger partial charge >= 0.3 is 0 Å². The van der Waals surface area contributed by atoms with E-state index in [4.69, 9.17) is 4.74 Å². The number of nitrogens with zero attached hydrogens (tertiary/aromatic N) is 1. The predicted molar refractivity (Wildman–Crippen MR) is 138 cm³/mol. The molecule has 0 aliphatic heterocycles. The van der Waals surface area contributed by atoms with Gasteiger partial charge in [0.2, 0.25) is 0 Å². The van der Waals surface area contributed by atoms with Crippen LogP contribution in [0, 0.1) is 6.92 Å². The van der Waals surface area contributed by atoms with E-state index < -0.39 is 0 Å². The molecule has 3 aromatic carbocycles. The van der Waals surface area contributed by atoms with Crippen LogP contribution in [0.5, 0.6) is 5.75 Å². The summed E-state index contributed by atoms with van der Waals surface area (Å²) < 4.78 is 5.38. The van der Waals surface area contributed by atoms with Crippen molar-refractivity contribution in [1.82, 2.24) is 4.98 Å². The zero-order valence-corrected chi connectivity index (χ0v) is 20.3. The molecule has 1 amide bonds. The molecule has 0 radical (unpaired) electrons. The van der Waals surface area contributed by atoms with Gasteiger partial charge < -0.3 is 14.6 Å². The quantitative estimate of drug-likeness (QED) is 0.403. The molecule has 0 saturated heterocycles. The van der Waals surface area contributed by atoms with Crippen molar-refractivity contribution in [2.45, 2.75) is 39.7 Å². The molecule has 5 nitrogen and oxygen atoms in total. The van der Waals surface area contributed by atoms with Gasteiger partial charge in [-0.05, 0) is 65.3 Å². The Morgan fingerprint density at radius 2 is 1.71 bits per heavy atom. The van der Waals surface area contributed by atoms with Crippen LogP contribution < -0.4 is 15.2 Å². The second kappa shape index (κ2) is 9.18. The molecule has 0 fully saturated rings. The molecule has 4 rings (SSSR count). The van der Waals surface area contributed by atoms with Crippen molar-refractivity contribution in [3.05, 3.63) is 105 Å². The van der Waals surface area contributed by atoms with E-state index in [1.807, 2.05) is 73.7 Å². The number of H-pyrrole nitrogens is 1. The van der Waals surface area contributed by atoms with E-state index in [9.17, 15) is 9.59 Å². The number of carbonyl (C=O) groups is 1. The maximum absolute atomic E-state index is 13.7. The number of aromatic amines is 1. The molecular weight excluding hydrogens is 424 g/mol. The van der Waals surface area contributed by atoms with Gasteiger partial charge in [0.05, 0.1) is 13.7 Å². The Labute approximate surface area is 200 Å². The highest BCUT2D eigenvalue weighted by Crippen LogP contribution is 2.27. The molecule has 174 valence electrons. The third-order valence-corrected chi connectivity index (χ3v) is 6.01. The van der Waals surface area contributed by atoms with Crippen molar-refractivity contribution in [3.63, 3.8) is 0 Å². The molecule has 0 spiro atoms. The molecular formula is C29H30N2O3. The summed E-state index contributed by atoms with van der Waals surface area (Å²) in [5, 5.41) is 0.924. The average molecular weight is 455 g/mol. The van der Waals surface area contributed by atoms with Crippen LogP contribution in [0.4, 0.5) is 5.69 Å². The van der Waals surface area contributed by atoms with E-state index in [2.05, 4.69) is 25.8 Å². The van der Waals surface area contributed by atoms with Crippen LogP contribution in [0.2, 0.25) is 0 Å². The smallest absolute Gasteiger partial charge is 0.258 e. The summed E-state index contributed by atoms with van der Waals surface area (Å²) in [6, 6.07) is 22.8. The van der Waals surface area contributed by atoms with Gasteiger partial charge in [-0.1, -0.05) is 51.1 Å². The van der Waals surface area contributed by atoms with Crippen LogP contribution in [0.1, 0.15) is 47.8 Å². The number of ether oxygens (including phenoxy) is 1. The molecule has 1 N–H and O–H groups in total. The van der Waals surface area contributed by atoms with Crippen molar-refractivity contribution in [3.8, 4) is 5.75 Å². The number of benzene rings is 3. The van der Waals surface area contributed by atoms with E-state index >= 15 is 0 Å². The number of amides is 1. The van der Waals surface area contributed by atoms with Crippen molar-refractivity contribution in [1.29, 1.82) is 0 Å². The van der Waals surface area contributed by atoms with Crippen LogP contribution in [0.15, 0.2) is 77.6 Å². The lowest BCUT2D eigenvalue weighted by Gasteiger charge is -2.24. The summed E-state index contributed by atoms with van der Waals surface area (Å²) >= 11 is 0. The number of pyridine rings is 1. The molecule has 5 heteroatoms. The number of rotatable bonds is 5. The SMILES string of the molecule is COc1cccc(N(Cc2cc3ccc(C)cc3[nH]c2=O)C(=O)c2ccc(C(C)(C)C)cc2)c1. The van der Waals surface area contributed by atoms with Crippen LogP contribution in [-0.4, -0.2) is 18.0 Å². The Morgan fingerprint density at radius 1 is 0.971 bits per heavy atom. The second-order valence-corrected chi connectivity index (χ2v) is 9.63. The van der Waals surface area contributed by atoms with E-state index in [1.54, 1.807) is 18.1 Å². The van der Waals surface area contributed by atoms with Gasteiger partial charge in [0, 0.05) is 28.4 Å². The molecule has 0 aliphatic carbocycles. The first-order chi connectivity index (χ1) is 16.2. The van der Waals surface area contributed by atoms with Crippen LogP contribution in [-0.2, 0) is 12.0 Å². The Bertz CT molecular complexity index is 1400. The van der Waals surface area contributed by atoms with Crippen molar-refractivity contribution in [2.75, 3.05) is 12.0 Å². The number of hydrogen-bond donors (Lipinski definition) is 1. The molecule has 0 aliphatic rings. The van der Waals surface area contributed by atoms with Gasteiger partial charge in [0.15, 0.2) is 0 Å². The predicted octanol–water partition coefficient (Wildman–Crippen LogP) is 5.99. The fourth-order valence-electron chi connectivity index (χ4n) is 3.98. The van der Waals surface area contributed by atoms with Crippen molar-refractivity contribution >= 4 is 22.5 Å². The standard InChI is InChI=1S/C29H30N2O3/c1-19-9-10-21-16-22(27(32)30-26(21)15-19)18-31(24-7-6-8-25(17-24)34-5)28(33)20-11-13-23(14-12-20)29(2,3)4/h6-17H,18H2,1-5H3,(H,30,32). The Hall–Kier alpha value is -3.86. The lowest BCUT2D eigenvalue weighted by molar-refractivity contribution is 0.0985. The summed E-state index contributed by atoms with van der Waals surface area (Å²) in [7, 11) is 1.59. The molecule has 0 saturated carbocycles. The Balaban J connectivity index is 1.76. The lowest BCUT2D eigenvalue weighted by Crippen LogP contribution is -2.33. The minimum atomic E-state index is -0.207. The molecule has 34 heavy (non-hydrogen) atoms. The molecule has 4 aromatic rings. The average Bonchev–Trinajstić information content (AvgIpc) is 2.82. The van der Waals surface area contributed by atoms with Gasteiger partial charge in [-0.3, -0.25) is 9.59 Å². The van der Waals surface area contributed by atoms with Gasteiger partial charge in [-0.15, -0.1) is 0 Å². The summed E-state index contributed by atoms with van der Waals surface area (Å²) in [4.78, 5) is 31.2. The number of carbonyl (C=O) groups excluding carboxylic acids is 1. The first kappa shape index (κ1) is 23.3. The highest BCUT2D eigenvalue weighted by atomic mass is 16.5. The number of aryl methyl sites for hydroxylation is 1. The maximum Gasteiger partial charge on any atom is 0.258 e. The number of nitrogens with one attached hydrogen (secondary N) is 1. The molecule has 0 unspecified atom stereocenters. The van der Waals surface area contributed by atoms with Gasteiger partial charge in [0.1, 0.15) is 5.75 Å². The van der Waals surface area contributed by atoms with Gasteiger partial charge in [-0.2, -0.15) is 0 Å². The summed E-state index contributed by atoms with van der Waals surface area (Å²) in [6.07, 6.45) is 0. The normalized spacial score (nSPS) is 11.4. The van der Waals surface area contributed by atoms with Crippen molar-refractivity contribution in [2.24, 2.45) is 0 Å². The van der Waals surface area contributed by atoms with E-state index in [-0.39, 0.29) is 23.4 Å². The fraction of sp³-hybridized carbons (Fsp3) is 0.241. The fourth-order valence-corrected chi connectivity index (χ4v) is 3.98. The minimum Gasteiger partial charge on any atom is -0.497 e. The molecule has 1 heterocycles. The van der Waals surface area contributed by atoms with E-state index in [0.29, 0.717) is 22.6 Å². The Kier molecular flexibility index (Phi) is 6.29. The Morgan fingerprint density at radius 3 is 2.38 bits per heavy atom. The zero-order chi connectivity index (χ0) is 24.5. The zero-order valence-electron chi connectivity index (χ0n) is 20.3. The third-order valence-electron chi connectivity index (χ3n) is 6.01. The first-order valence-electron chi connectivity index (χ1n) is 11.3. The second-order valence-electron chi connectivity index (χ2n) is 9.63. The number of anilines is 1. The number of methoxy groups -OCH3 is 1. The maximum atomic E-state index is 13.7. The lowest BCUT2D eigenvalue weighted by atomic mass is 9.86. The third kappa shape index (κ3) is 4.88. The van der Waals surface area contributed by atoms with Crippen LogP contribution >= 0.6 is 0 Å². The highest BCUT2D eigenvalue weighted by Gasteiger charge is 2.22. The van der Waals surface area contributed by atoms with Gasteiger partial charge in [0.25, 0.3) is 11.5 Å². The number of aromatic nitrogens is 1. The summed E-state index contributed by atoms with van der Waals surface area (Å²) in [5.41, 5.74) is 4.52. The van der Waals surface area contributed by atoms with E-state index in [1.165, 1.54) is 0 Å². The summed E-state index contributed by atoms with van der Waals surface area (Å²) in [6.45, 7) is 8.53. The van der Waals surface area contributed by atoms with Crippen LogP contribution in [0.3, 0.4) is 0 Å². The summed E-state index contributed by atoms with van der Waals surface area (Å²) in [5.74, 6) is 0.457. The first-order valence-corrected chi connectivity index (χ1v) is 11.3. The van der Waals surface area contributed by atoms with Gasteiger partial charge in [-0.25, -0.2) is 0 Å². The number of fused-ring (bicyclic) bond motifs is 1. The van der Waals surface area contributed by atoms with E-state index in [0.717, 1.165) is 22.0 Å². The molecule has 0 atom stereocenters.